The van der Waals surface area contributed by atoms with E-state index in [-0.39, 0.29) is 24.7 Å². The van der Waals surface area contributed by atoms with E-state index in [4.69, 9.17) is 0 Å². The molecule has 1 aliphatic heterocycles. The van der Waals surface area contributed by atoms with Gasteiger partial charge in [-0.05, 0) is 36.1 Å². The molecule has 0 radical (unpaired) electrons. The number of carboxylic acid groups (broad SMARTS) is 1. The van der Waals surface area contributed by atoms with Crippen LogP contribution in [0.15, 0.2) is 64.4 Å². The number of aliphatic hydroxyl groups excluding tert-OH is 1. The lowest BCUT2D eigenvalue weighted by Crippen LogP contribution is -2.37. The average Bonchev–Trinajstić information content (AvgIpc) is 3.25. The first kappa shape index (κ1) is 25.4. The van der Waals surface area contributed by atoms with Crippen LogP contribution in [-0.2, 0) is 4.79 Å². The van der Waals surface area contributed by atoms with E-state index in [0.717, 1.165) is 33.4 Å². The zero-order valence-corrected chi connectivity index (χ0v) is 21.9. The van der Waals surface area contributed by atoms with Gasteiger partial charge in [0, 0.05) is 42.9 Å². The molecule has 40 heavy (non-hydrogen) atoms. The summed E-state index contributed by atoms with van der Waals surface area (Å²) in [6.45, 7) is 4.08. The van der Waals surface area contributed by atoms with Gasteiger partial charge in [0.05, 0.1) is 6.10 Å². The fourth-order valence-corrected chi connectivity index (χ4v) is 5.63. The second kappa shape index (κ2) is 9.73. The first-order valence-corrected chi connectivity index (χ1v) is 13.0. The zero-order chi connectivity index (χ0) is 28.1. The number of rotatable bonds is 4. The SMILES string of the molecule is Cc1ccc2c(c1)C=Cc1cc(C)ccc1C2c1cn(-c2ccnc(N3C[C@H](O)C[C@H]3C(=O)O)n2)c(=O)[nH]c1=O. The van der Waals surface area contributed by atoms with Crippen LogP contribution in [0.4, 0.5) is 5.95 Å². The smallest absolute Gasteiger partial charge is 0.334 e. The number of aliphatic hydroxyl groups is 1. The first-order chi connectivity index (χ1) is 19.2. The molecule has 10 nitrogen and oxygen atoms in total. The summed E-state index contributed by atoms with van der Waals surface area (Å²) in [5.41, 5.74) is 5.16. The number of hydrogen-bond acceptors (Lipinski definition) is 7. The van der Waals surface area contributed by atoms with Gasteiger partial charge in [0.25, 0.3) is 5.56 Å². The van der Waals surface area contributed by atoms with Gasteiger partial charge in [-0.2, -0.15) is 4.98 Å². The van der Waals surface area contributed by atoms with Crippen molar-refractivity contribution in [1.82, 2.24) is 19.5 Å². The van der Waals surface area contributed by atoms with Crippen LogP contribution in [0.2, 0.25) is 0 Å². The van der Waals surface area contributed by atoms with Crippen molar-refractivity contribution in [3.05, 3.63) is 115 Å². The Bertz CT molecular complexity index is 1750. The van der Waals surface area contributed by atoms with Gasteiger partial charge in [-0.3, -0.25) is 14.3 Å². The fourth-order valence-electron chi connectivity index (χ4n) is 5.63. The van der Waals surface area contributed by atoms with Crippen molar-refractivity contribution in [3.8, 4) is 5.82 Å². The highest BCUT2D eigenvalue weighted by atomic mass is 16.4. The standard InChI is InChI=1S/C30H27N5O5/c1-16-3-7-21-18(11-16)5-6-19-12-17(2)4-8-22(19)26(21)23-15-35(30(40)33-27(23)37)25-9-10-31-29(32-25)34-14-20(36)13-24(34)28(38)39/h3-12,15,20,24,26,36H,13-14H2,1-2H3,(H,38,39)(H,33,37,40)/t20-,24+/m1/s1. The molecule has 0 amide bonds. The Hall–Kier alpha value is -4.83. The third kappa shape index (κ3) is 4.42. The molecule has 1 aliphatic carbocycles. The van der Waals surface area contributed by atoms with Crippen LogP contribution >= 0.6 is 0 Å². The minimum absolute atomic E-state index is 0.0408. The van der Waals surface area contributed by atoms with Crippen molar-refractivity contribution < 1.29 is 15.0 Å². The number of aromatic amines is 1. The van der Waals surface area contributed by atoms with Crippen LogP contribution in [-0.4, -0.2) is 54.4 Å². The Morgan fingerprint density at radius 3 is 2.25 bits per heavy atom. The Labute approximate surface area is 228 Å². The van der Waals surface area contributed by atoms with Crippen molar-refractivity contribution in [3.63, 3.8) is 0 Å². The average molecular weight is 538 g/mol. The lowest BCUT2D eigenvalue weighted by Gasteiger charge is -2.22. The molecular weight excluding hydrogens is 510 g/mol. The molecule has 6 rings (SSSR count). The Morgan fingerprint density at radius 2 is 1.62 bits per heavy atom. The molecule has 3 N–H and O–H groups in total. The number of nitrogens with one attached hydrogen (secondary N) is 1. The van der Waals surface area contributed by atoms with Crippen molar-refractivity contribution in [1.29, 1.82) is 0 Å². The van der Waals surface area contributed by atoms with E-state index in [1.807, 2.05) is 50.3 Å². The van der Waals surface area contributed by atoms with E-state index in [9.17, 15) is 24.6 Å². The summed E-state index contributed by atoms with van der Waals surface area (Å²) < 4.78 is 1.24. The number of carboxylic acids is 1. The summed E-state index contributed by atoms with van der Waals surface area (Å²) in [4.78, 5) is 50.8. The van der Waals surface area contributed by atoms with Crippen LogP contribution < -0.4 is 16.1 Å². The third-order valence-electron chi connectivity index (χ3n) is 7.53. The number of nitrogens with zero attached hydrogens (tertiary/aromatic N) is 4. The zero-order valence-electron chi connectivity index (χ0n) is 21.9. The highest BCUT2D eigenvalue weighted by Gasteiger charge is 2.37. The largest absolute Gasteiger partial charge is 0.480 e. The number of fused-ring (bicyclic) bond motifs is 2. The van der Waals surface area contributed by atoms with E-state index in [1.54, 1.807) is 0 Å². The highest BCUT2D eigenvalue weighted by molar-refractivity contribution is 5.79. The maximum atomic E-state index is 13.4. The van der Waals surface area contributed by atoms with E-state index in [0.29, 0.717) is 5.56 Å². The summed E-state index contributed by atoms with van der Waals surface area (Å²) in [6.07, 6.45) is 6.22. The number of carbonyl (C=O) groups is 1. The normalized spacial score (nSPS) is 18.3. The number of aromatic nitrogens is 4. The molecule has 0 saturated carbocycles. The van der Waals surface area contributed by atoms with Crippen LogP contribution in [0.1, 0.15) is 51.3 Å². The monoisotopic (exact) mass is 537 g/mol. The van der Waals surface area contributed by atoms with Crippen LogP contribution in [0, 0.1) is 13.8 Å². The minimum atomic E-state index is -1.10. The fraction of sp³-hybridized carbons (Fsp3) is 0.233. The predicted octanol–water partition coefficient (Wildman–Crippen LogP) is 2.62. The van der Waals surface area contributed by atoms with Gasteiger partial charge in [-0.25, -0.2) is 14.6 Å². The molecule has 10 heteroatoms. The summed E-state index contributed by atoms with van der Waals surface area (Å²) in [6, 6.07) is 12.7. The van der Waals surface area contributed by atoms with Gasteiger partial charge >= 0.3 is 11.7 Å². The number of aliphatic carboxylic acids is 1. The van der Waals surface area contributed by atoms with Gasteiger partial charge < -0.3 is 15.1 Å². The summed E-state index contributed by atoms with van der Waals surface area (Å²) in [7, 11) is 0. The molecular formula is C30H27N5O5. The number of β-amino-alcohol motifs (C(OH)–C–C–N with tert-alkyl or cyclic N) is 1. The van der Waals surface area contributed by atoms with E-state index in [2.05, 4.69) is 27.1 Å². The molecule has 0 bridgehead atoms. The second-order valence-electron chi connectivity index (χ2n) is 10.4. The second-order valence-corrected chi connectivity index (χ2v) is 10.4. The van der Waals surface area contributed by atoms with Crippen LogP contribution in [0.3, 0.4) is 0 Å². The number of aryl methyl sites for hydroxylation is 2. The molecule has 0 unspecified atom stereocenters. The quantitative estimate of drug-likeness (QED) is 0.318. The van der Waals surface area contributed by atoms with Crippen LogP contribution in [0.5, 0.6) is 0 Å². The highest BCUT2D eigenvalue weighted by Crippen LogP contribution is 2.38. The predicted molar refractivity (Wildman–Crippen MR) is 150 cm³/mol. The summed E-state index contributed by atoms with van der Waals surface area (Å²) in [5.74, 6) is -1.33. The Balaban J connectivity index is 1.52. The van der Waals surface area contributed by atoms with Crippen molar-refractivity contribution in [2.24, 2.45) is 0 Å². The molecule has 0 spiro atoms. The number of hydrogen-bond donors (Lipinski definition) is 3. The van der Waals surface area contributed by atoms with Crippen molar-refractivity contribution >= 4 is 24.1 Å². The maximum Gasteiger partial charge on any atom is 0.334 e. The van der Waals surface area contributed by atoms with Crippen molar-refractivity contribution in [2.45, 2.75) is 38.3 Å². The van der Waals surface area contributed by atoms with Crippen molar-refractivity contribution in [2.75, 3.05) is 11.4 Å². The molecule has 1 fully saturated rings. The minimum Gasteiger partial charge on any atom is -0.480 e. The number of anilines is 1. The Morgan fingerprint density at radius 1 is 0.975 bits per heavy atom. The van der Waals surface area contributed by atoms with Gasteiger partial charge in [0.15, 0.2) is 0 Å². The number of H-pyrrole nitrogens is 1. The molecule has 202 valence electrons. The lowest BCUT2D eigenvalue weighted by atomic mass is 9.82. The Kier molecular flexibility index (Phi) is 6.19. The third-order valence-corrected chi connectivity index (χ3v) is 7.53. The molecule has 2 aromatic carbocycles. The summed E-state index contributed by atoms with van der Waals surface area (Å²) >= 11 is 0. The van der Waals surface area contributed by atoms with Gasteiger partial charge in [0.1, 0.15) is 11.9 Å². The van der Waals surface area contributed by atoms with Gasteiger partial charge in [-0.15, -0.1) is 0 Å². The lowest BCUT2D eigenvalue weighted by molar-refractivity contribution is -0.138. The first-order valence-electron chi connectivity index (χ1n) is 13.0. The summed E-state index contributed by atoms with van der Waals surface area (Å²) in [5, 5.41) is 19.7. The molecule has 2 atom stereocenters. The van der Waals surface area contributed by atoms with Crippen LogP contribution in [0.25, 0.3) is 18.0 Å². The molecule has 4 aromatic rings. The molecule has 3 heterocycles. The maximum absolute atomic E-state index is 13.4. The van der Waals surface area contributed by atoms with E-state index < -0.39 is 35.3 Å². The molecule has 2 aromatic heterocycles. The molecule has 1 saturated heterocycles. The van der Waals surface area contributed by atoms with Gasteiger partial charge in [0.2, 0.25) is 5.95 Å². The van der Waals surface area contributed by atoms with E-state index >= 15 is 0 Å². The molecule has 2 aliphatic rings. The topological polar surface area (TPSA) is 141 Å². The van der Waals surface area contributed by atoms with E-state index in [1.165, 1.54) is 27.9 Å². The number of benzene rings is 2. The van der Waals surface area contributed by atoms with Gasteiger partial charge in [-0.1, -0.05) is 59.7 Å².